The number of sulfonamides is 1. The van der Waals surface area contributed by atoms with Crippen LogP contribution in [0.1, 0.15) is 41.6 Å². The van der Waals surface area contributed by atoms with Gasteiger partial charge in [-0.2, -0.15) is 0 Å². The lowest BCUT2D eigenvalue weighted by Crippen LogP contribution is -2.28. The summed E-state index contributed by atoms with van der Waals surface area (Å²) in [5.74, 6) is 0. The van der Waals surface area contributed by atoms with Gasteiger partial charge in [-0.05, 0) is 66.8 Å². The average Bonchev–Trinajstić information content (AvgIpc) is 3.10. The van der Waals surface area contributed by atoms with E-state index < -0.39 is 10.0 Å². The number of thiazole rings is 1. The maximum atomic E-state index is 13.2. The molecule has 1 aromatic heterocycles. The second kappa shape index (κ2) is 9.43. The molecule has 1 atom stereocenters. The van der Waals surface area contributed by atoms with Crippen molar-refractivity contribution in [1.29, 1.82) is 0 Å². The number of nitrogens with zero attached hydrogens (tertiary/aromatic N) is 1. The number of hydrogen-bond acceptors (Lipinski definition) is 4. The molecule has 3 aromatic carbocycles. The third-order valence-corrected chi connectivity index (χ3v) is 8.66. The number of nitrogens with one attached hydrogen (secondary N) is 1. The predicted octanol–water partition coefficient (Wildman–Crippen LogP) is 5.81. The fraction of sp³-hybridized carbons (Fsp3) is 0.240. The number of halogens is 1. The summed E-state index contributed by atoms with van der Waals surface area (Å²) in [4.78, 5) is 12.6. The standard InChI is InChI=1S/C25H25ClN2O3S2/c1-4-22(18-10-9-16(2)17(3)13-18)27-33(30,31)20-11-12-23-24(14-20)32-25(29)28(23)15-19-7-5-6-8-21(19)26/h5-14,22,27H,4,15H2,1-3H3/t22-/m0/s1. The molecule has 0 amide bonds. The van der Waals surface area contributed by atoms with Gasteiger partial charge in [0.1, 0.15) is 0 Å². The summed E-state index contributed by atoms with van der Waals surface area (Å²) in [5, 5.41) is 0.587. The van der Waals surface area contributed by atoms with Gasteiger partial charge in [-0.25, -0.2) is 13.1 Å². The predicted molar refractivity (Wildman–Crippen MR) is 136 cm³/mol. The summed E-state index contributed by atoms with van der Waals surface area (Å²) < 4.78 is 31.4. The Morgan fingerprint density at radius 1 is 1.03 bits per heavy atom. The van der Waals surface area contributed by atoms with E-state index in [1.165, 1.54) is 0 Å². The lowest BCUT2D eigenvalue weighted by Gasteiger charge is -2.19. The highest BCUT2D eigenvalue weighted by atomic mass is 35.5. The van der Waals surface area contributed by atoms with Gasteiger partial charge in [-0.1, -0.05) is 66.3 Å². The maximum absolute atomic E-state index is 13.2. The van der Waals surface area contributed by atoms with Gasteiger partial charge < -0.3 is 0 Å². The topological polar surface area (TPSA) is 68.2 Å². The number of hydrogen-bond donors (Lipinski definition) is 1. The molecule has 0 aliphatic carbocycles. The lowest BCUT2D eigenvalue weighted by atomic mass is 10.0. The Labute approximate surface area is 202 Å². The van der Waals surface area contributed by atoms with E-state index in [2.05, 4.69) is 4.72 Å². The third-order valence-electron chi connectivity index (χ3n) is 5.88. The monoisotopic (exact) mass is 500 g/mol. The van der Waals surface area contributed by atoms with E-state index >= 15 is 0 Å². The number of benzene rings is 3. The lowest BCUT2D eigenvalue weighted by molar-refractivity contribution is 0.550. The average molecular weight is 501 g/mol. The van der Waals surface area contributed by atoms with Gasteiger partial charge in [0, 0.05) is 11.1 Å². The molecule has 4 aromatic rings. The van der Waals surface area contributed by atoms with Gasteiger partial charge in [0.25, 0.3) is 0 Å². The van der Waals surface area contributed by atoms with Gasteiger partial charge in [0.05, 0.1) is 21.7 Å². The van der Waals surface area contributed by atoms with Crippen LogP contribution >= 0.6 is 22.9 Å². The SMILES string of the molecule is CC[C@H](NS(=O)(=O)c1ccc2c(c1)sc(=O)n2Cc1ccccc1Cl)c1ccc(C)c(C)c1. The van der Waals surface area contributed by atoms with E-state index in [0.717, 1.165) is 33.6 Å². The highest BCUT2D eigenvalue weighted by Crippen LogP contribution is 2.26. The van der Waals surface area contributed by atoms with E-state index in [1.807, 2.05) is 57.2 Å². The van der Waals surface area contributed by atoms with E-state index in [4.69, 9.17) is 11.6 Å². The van der Waals surface area contributed by atoms with Crippen LogP contribution in [0.15, 0.2) is 70.4 Å². The molecule has 0 radical (unpaired) electrons. The maximum Gasteiger partial charge on any atom is 0.308 e. The zero-order valence-corrected chi connectivity index (χ0v) is 21.0. The van der Waals surface area contributed by atoms with Crippen molar-refractivity contribution >= 4 is 43.2 Å². The minimum atomic E-state index is -3.78. The first-order valence-corrected chi connectivity index (χ1v) is 13.3. The first-order valence-electron chi connectivity index (χ1n) is 10.7. The molecule has 1 heterocycles. The highest BCUT2D eigenvalue weighted by Gasteiger charge is 2.22. The molecule has 0 saturated heterocycles. The first-order chi connectivity index (χ1) is 15.7. The molecule has 0 aliphatic rings. The first kappa shape index (κ1) is 23.7. The molecule has 0 bridgehead atoms. The van der Waals surface area contributed by atoms with Crippen LogP contribution < -0.4 is 9.60 Å². The molecule has 8 heteroatoms. The highest BCUT2D eigenvalue weighted by molar-refractivity contribution is 7.89. The van der Waals surface area contributed by atoms with Crippen molar-refractivity contribution in [3.63, 3.8) is 0 Å². The van der Waals surface area contributed by atoms with Crippen LogP contribution in [-0.4, -0.2) is 13.0 Å². The van der Waals surface area contributed by atoms with Gasteiger partial charge >= 0.3 is 4.87 Å². The van der Waals surface area contributed by atoms with E-state index in [-0.39, 0.29) is 15.8 Å². The number of aromatic nitrogens is 1. The summed E-state index contributed by atoms with van der Waals surface area (Å²) in [6.07, 6.45) is 0.617. The van der Waals surface area contributed by atoms with Crippen LogP contribution in [0.25, 0.3) is 10.2 Å². The molecule has 33 heavy (non-hydrogen) atoms. The summed E-state index contributed by atoms with van der Waals surface area (Å²) >= 11 is 7.29. The number of aryl methyl sites for hydroxylation is 2. The van der Waals surface area contributed by atoms with Crippen molar-refractivity contribution in [1.82, 2.24) is 9.29 Å². The molecular weight excluding hydrogens is 476 g/mol. The van der Waals surface area contributed by atoms with E-state index in [0.29, 0.717) is 28.2 Å². The molecular formula is C25H25ClN2O3S2. The zero-order valence-electron chi connectivity index (χ0n) is 18.6. The molecule has 0 spiro atoms. The van der Waals surface area contributed by atoms with E-state index in [1.54, 1.807) is 28.8 Å². The van der Waals surface area contributed by atoms with Crippen molar-refractivity contribution in [3.05, 3.63) is 97.6 Å². The van der Waals surface area contributed by atoms with Crippen LogP contribution in [0.4, 0.5) is 0 Å². The van der Waals surface area contributed by atoms with Gasteiger partial charge in [0.2, 0.25) is 10.0 Å². The van der Waals surface area contributed by atoms with Crippen molar-refractivity contribution in [2.75, 3.05) is 0 Å². The summed E-state index contributed by atoms with van der Waals surface area (Å²) in [5.41, 5.74) is 4.73. The summed E-state index contributed by atoms with van der Waals surface area (Å²) in [6.45, 7) is 6.33. The van der Waals surface area contributed by atoms with Crippen LogP contribution in [0, 0.1) is 13.8 Å². The Kier molecular flexibility index (Phi) is 6.77. The smallest absolute Gasteiger partial charge is 0.294 e. The molecule has 4 rings (SSSR count). The molecule has 0 saturated carbocycles. The van der Waals surface area contributed by atoms with Crippen molar-refractivity contribution < 1.29 is 8.42 Å². The summed E-state index contributed by atoms with van der Waals surface area (Å²) in [6, 6.07) is 17.8. The number of rotatable bonds is 7. The number of fused-ring (bicyclic) bond motifs is 1. The van der Waals surface area contributed by atoms with Crippen molar-refractivity contribution in [2.24, 2.45) is 0 Å². The molecule has 0 aliphatic heterocycles. The normalized spacial score (nSPS) is 12.8. The van der Waals surface area contributed by atoms with Crippen LogP contribution in [0.2, 0.25) is 5.02 Å². The Morgan fingerprint density at radius 3 is 2.48 bits per heavy atom. The Morgan fingerprint density at radius 2 is 1.79 bits per heavy atom. The second-order valence-corrected chi connectivity index (χ2v) is 11.2. The molecule has 1 N–H and O–H groups in total. The summed E-state index contributed by atoms with van der Waals surface area (Å²) in [7, 11) is -3.78. The largest absolute Gasteiger partial charge is 0.308 e. The third kappa shape index (κ3) is 4.92. The van der Waals surface area contributed by atoms with Gasteiger partial charge in [-0.15, -0.1) is 0 Å². The zero-order chi connectivity index (χ0) is 23.8. The van der Waals surface area contributed by atoms with Gasteiger partial charge in [0.15, 0.2) is 0 Å². The molecule has 0 fully saturated rings. The fourth-order valence-corrected chi connectivity index (χ4v) is 6.32. The minimum Gasteiger partial charge on any atom is -0.294 e. The van der Waals surface area contributed by atoms with Gasteiger partial charge in [-0.3, -0.25) is 9.36 Å². The van der Waals surface area contributed by atoms with Crippen molar-refractivity contribution in [2.45, 2.75) is 44.7 Å². The Bertz CT molecular complexity index is 1490. The van der Waals surface area contributed by atoms with Crippen LogP contribution in [-0.2, 0) is 16.6 Å². The Hall–Kier alpha value is -2.45. The second-order valence-electron chi connectivity index (χ2n) is 8.10. The van der Waals surface area contributed by atoms with Crippen LogP contribution in [0.5, 0.6) is 0 Å². The molecule has 0 unspecified atom stereocenters. The quantitative estimate of drug-likeness (QED) is 0.348. The molecule has 5 nitrogen and oxygen atoms in total. The van der Waals surface area contributed by atoms with Crippen LogP contribution in [0.3, 0.4) is 0 Å². The minimum absolute atomic E-state index is 0.142. The van der Waals surface area contributed by atoms with Crippen molar-refractivity contribution in [3.8, 4) is 0 Å². The fourth-order valence-electron chi connectivity index (χ4n) is 3.78. The van der Waals surface area contributed by atoms with E-state index in [9.17, 15) is 13.2 Å². The Balaban J connectivity index is 1.65. The molecule has 172 valence electrons.